The van der Waals surface area contributed by atoms with Gasteiger partial charge in [-0.1, -0.05) is 31.2 Å². The van der Waals surface area contributed by atoms with Gasteiger partial charge >= 0.3 is 5.97 Å². The minimum atomic E-state index is -0.997. The monoisotopic (exact) mass is 272 g/mol. The van der Waals surface area contributed by atoms with Crippen LogP contribution in [0.15, 0.2) is 35.8 Å². The van der Waals surface area contributed by atoms with Crippen LogP contribution >= 0.6 is 11.3 Å². The minimum absolute atomic E-state index is 0.0817. The summed E-state index contributed by atoms with van der Waals surface area (Å²) in [5.41, 5.74) is 3.41. The maximum Gasteiger partial charge on any atom is 0.356 e. The SMILES string of the molecule is CCc1ccc(-c2csc3nc(C(=O)O)cn23)cc1. The lowest BCUT2D eigenvalue weighted by atomic mass is 10.1. The Morgan fingerprint density at radius 1 is 1.37 bits per heavy atom. The molecule has 2 aromatic heterocycles. The maximum atomic E-state index is 10.9. The molecule has 0 fully saturated rings. The van der Waals surface area contributed by atoms with Crippen molar-refractivity contribution >= 4 is 22.3 Å². The summed E-state index contributed by atoms with van der Waals surface area (Å²) in [6.45, 7) is 2.12. The molecule has 19 heavy (non-hydrogen) atoms. The third-order valence-corrected chi connectivity index (χ3v) is 3.93. The summed E-state index contributed by atoms with van der Waals surface area (Å²) in [7, 11) is 0. The number of carboxylic acid groups (broad SMARTS) is 1. The quantitative estimate of drug-likeness (QED) is 0.795. The summed E-state index contributed by atoms with van der Waals surface area (Å²) in [4.78, 5) is 15.7. The lowest BCUT2D eigenvalue weighted by molar-refractivity contribution is 0.0691. The number of carbonyl (C=O) groups is 1. The molecule has 3 rings (SSSR count). The van der Waals surface area contributed by atoms with Gasteiger partial charge in [0.2, 0.25) is 0 Å². The van der Waals surface area contributed by atoms with Crippen LogP contribution in [0.5, 0.6) is 0 Å². The van der Waals surface area contributed by atoms with Gasteiger partial charge in [-0.05, 0) is 17.5 Å². The summed E-state index contributed by atoms with van der Waals surface area (Å²) < 4.78 is 1.83. The van der Waals surface area contributed by atoms with E-state index in [1.165, 1.54) is 16.9 Å². The molecule has 96 valence electrons. The number of rotatable bonds is 3. The molecule has 0 aliphatic rings. The second-order valence-electron chi connectivity index (χ2n) is 4.26. The Kier molecular flexibility index (Phi) is 2.83. The van der Waals surface area contributed by atoms with Gasteiger partial charge in [-0.2, -0.15) is 0 Å². The van der Waals surface area contributed by atoms with Crippen molar-refractivity contribution in [3.8, 4) is 11.3 Å². The Hall–Kier alpha value is -2.14. The van der Waals surface area contributed by atoms with Gasteiger partial charge in [-0.25, -0.2) is 9.78 Å². The Labute approximate surface area is 114 Å². The van der Waals surface area contributed by atoms with Crippen molar-refractivity contribution in [2.75, 3.05) is 0 Å². The van der Waals surface area contributed by atoms with E-state index < -0.39 is 5.97 Å². The molecule has 0 spiro atoms. The van der Waals surface area contributed by atoms with Crippen LogP contribution in [-0.4, -0.2) is 20.5 Å². The molecule has 3 aromatic rings. The van der Waals surface area contributed by atoms with Gasteiger partial charge in [-0.15, -0.1) is 11.3 Å². The molecular formula is C14H12N2O2S. The molecule has 1 aromatic carbocycles. The molecule has 0 amide bonds. The summed E-state index contributed by atoms with van der Waals surface area (Å²) >= 11 is 1.45. The first kappa shape index (κ1) is 11.9. The predicted molar refractivity (Wildman–Crippen MR) is 74.8 cm³/mol. The molecule has 1 N–H and O–H groups in total. The molecule has 0 atom stereocenters. The average Bonchev–Trinajstić information content (AvgIpc) is 2.98. The number of hydrogen-bond acceptors (Lipinski definition) is 3. The van der Waals surface area contributed by atoms with E-state index in [9.17, 15) is 4.79 Å². The lowest BCUT2D eigenvalue weighted by Crippen LogP contribution is -1.95. The van der Waals surface area contributed by atoms with Gasteiger partial charge in [0.25, 0.3) is 0 Å². The largest absolute Gasteiger partial charge is 0.476 e. The average molecular weight is 272 g/mol. The molecule has 0 aliphatic heterocycles. The Morgan fingerprint density at radius 3 is 2.74 bits per heavy atom. The van der Waals surface area contributed by atoms with Crippen LogP contribution in [-0.2, 0) is 6.42 Å². The highest BCUT2D eigenvalue weighted by Gasteiger charge is 2.13. The van der Waals surface area contributed by atoms with Gasteiger partial charge in [-0.3, -0.25) is 4.40 Å². The molecule has 0 radical (unpaired) electrons. The van der Waals surface area contributed by atoms with Crippen molar-refractivity contribution in [1.82, 2.24) is 9.38 Å². The number of aromatic carboxylic acids is 1. The van der Waals surface area contributed by atoms with Gasteiger partial charge in [0.1, 0.15) is 0 Å². The van der Waals surface area contributed by atoms with E-state index in [0.717, 1.165) is 17.7 Å². The number of imidazole rings is 1. The highest BCUT2D eigenvalue weighted by Crippen LogP contribution is 2.26. The van der Waals surface area contributed by atoms with Gasteiger partial charge < -0.3 is 5.11 Å². The van der Waals surface area contributed by atoms with E-state index >= 15 is 0 Å². The number of hydrogen-bond donors (Lipinski definition) is 1. The molecule has 5 heteroatoms. The number of benzene rings is 1. The van der Waals surface area contributed by atoms with E-state index in [4.69, 9.17) is 5.11 Å². The highest BCUT2D eigenvalue weighted by molar-refractivity contribution is 7.15. The lowest BCUT2D eigenvalue weighted by Gasteiger charge is -2.01. The van der Waals surface area contributed by atoms with Crippen LogP contribution in [0.3, 0.4) is 0 Å². The van der Waals surface area contributed by atoms with Crippen LogP contribution in [0.2, 0.25) is 0 Å². The Morgan fingerprint density at radius 2 is 2.11 bits per heavy atom. The summed E-state index contributed by atoms with van der Waals surface area (Å²) in [6, 6.07) is 8.29. The number of fused-ring (bicyclic) bond motifs is 1. The standard InChI is InChI=1S/C14H12N2O2S/c1-2-9-3-5-10(6-4-9)12-8-19-14-15-11(13(17)18)7-16(12)14/h3-8H,2H2,1H3,(H,17,18). The molecule has 0 unspecified atom stereocenters. The van der Waals surface area contributed by atoms with Crippen molar-refractivity contribution in [3.63, 3.8) is 0 Å². The van der Waals surface area contributed by atoms with E-state index in [1.54, 1.807) is 6.20 Å². The summed E-state index contributed by atoms with van der Waals surface area (Å²) in [6.07, 6.45) is 2.57. The van der Waals surface area contributed by atoms with Crippen molar-refractivity contribution in [2.45, 2.75) is 13.3 Å². The second-order valence-corrected chi connectivity index (χ2v) is 5.09. The Bertz CT molecular complexity index is 740. The topological polar surface area (TPSA) is 54.6 Å². The number of nitrogens with zero attached hydrogens (tertiary/aromatic N) is 2. The molecule has 0 saturated heterocycles. The van der Waals surface area contributed by atoms with Crippen LogP contribution in [0, 0.1) is 0 Å². The van der Waals surface area contributed by atoms with Crippen LogP contribution in [0.4, 0.5) is 0 Å². The van der Waals surface area contributed by atoms with Gasteiger partial charge in [0, 0.05) is 11.6 Å². The van der Waals surface area contributed by atoms with E-state index in [1.807, 2.05) is 9.78 Å². The van der Waals surface area contributed by atoms with Crippen LogP contribution in [0.25, 0.3) is 16.2 Å². The zero-order valence-corrected chi connectivity index (χ0v) is 11.1. The first-order valence-electron chi connectivity index (χ1n) is 5.98. The van der Waals surface area contributed by atoms with Crippen LogP contribution in [0.1, 0.15) is 23.0 Å². The fourth-order valence-corrected chi connectivity index (χ4v) is 2.89. The highest BCUT2D eigenvalue weighted by atomic mass is 32.1. The van der Waals surface area contributed by atoms with Crippen molar-refractivity contribution in [2.24, 2.45) is 0 Å². The van der Waals surface area contributed by atoms with Crippen molar-refractivity contribution < 1.29 is 9.90 Å². The number of thiazole rings is 1. The number of aromatic nitrogens is 2. The molecule has 0 saturated carbocycles. The zero-order valence-electron chi connectivity index (χ0n) is 10.3. The summed E-state index contributed by atoms with van der Waals surface area (Å²) in [5, 5.41) is 11.0. The molecular weight excluding hydrogens is 260 g/mol. The predicted octanol–water partition coefficient (Wildman–Crippen LogP) is 3.32. The first-order chi connectivity index (χ1) is 9.19. The zero-order chi connectivity index (χ0) is 13.4. The molecule has 4 nitrogen and oxygen atoms in total. The Balaban J connectivity index is 2.10. The number of aryl methyl sites for hydroxylation is 1. The number of carboxylic acids is 1. The van der Waals surface area contributed by atoms with E-state index in [2.05, 4.69) is 36.2 Å². The fraction of sp³-hybridized carbons (Fsp3) is 0.143. The normalized spacial score (nSPS) is 11.0. The van der Waals surface area contributed by atoms with E-state index in [0.29, 0.717) is 4.96 Å². The van der Waals surface area contributed by atoms with E-state index in [-0.39, 0.29) is 5.69 Å². The fourth-order valence-electron chi connectivity index (χ4n) is 2.01. The molecule has 0 aliphatic carbocycles. The van der Waals surface area contributed by atoms with Crippen molar-refractivity contribution in [1.29, 1.82) is 0 Å². The second kappa shape index (κ2) is 4.51. The third kappa shape index (κ3) is 2.02. The molecule has 2 heterocycles. The summed E-state index contributed by atoms with van der Waals surface area (Å²) in [5.74, 6) is -0.997. The minimum Gasteiger partial charge on any atom is -0.476 e. The first-order valence-corrected chi connectivity index (χ1v) is 6.86. The smallest absolute Gasteiger partial charge is 0.356 e. The third-order valence-electron chi connectivity index (χ3n) is 3.09. The maximum absolute atomic E-state index is 10.9. The van der Waals surface area contributed by atoms with Gasteiger partial charge in [0.15, 0.2) is 10.7 Å². The van der Waals surface area contributed by atoms with Crippen molar-refractivity contribution in [3.05, 3.63) is 47.1 Å². The molecule has 0 bridgehead atoms. The van der Waals surface area contributed by atoms with Crippen LogP contribution < -0.4 is 0 Å². The van der Waals surface area contributed by atoms with Gasteiger partial charge in [0.05, 0.1) is 5.69 Å².